The molecule has 0 saturated heterocycles. The normalized spacial score (nSPS) is 13.6. The van der Waals surface area contributed by atoms with E-state index in [0.717, 1.165) is 34.6 Å². The molecule has 4 heteroatoms. The first-order chi connectivity index (χ1) is 8.69. The molecule has 0 aliphatic carbocycles. The molecule has 18 heavy (non-hydrogen) atoms. The van der Waals surface area contributed by atoms with Crippen molar-refractivity contribution < 1.29 is 4.79 Å². The maximum Gasteiger partial charge on any atom is 0.228 e. The Hall–Kier alpha value is -2.10. The fraction of sp³-hybridized carbons (Fsp3) is 0.286. The number of fused-ring (bicyclic) bond motifs is 1. The van der Waals surface area contributed by atoms with E-state index in [1.807, 2.05) is 23.9 Å². The van der Waals surface area contributed by atoms with E-state index in [0.29, 0.717) is 6.42 Å². The van der Waals surface area contributed by atoms with Crippen molar-refractivity contribution in [3.05, 3.63) is 35.5 Å². The Morgan fingerprint density at radius 3 is 3.06 bits per heavy atom. The molecule has 2 aromatic rings. The van der Waals surface area contributed by atoms with Crippen LogP contribution in [0.25, 0.3) is 11.3 Å². The molecule has 3 rings (SSSR count). The number of hydrogen-bond acceptors (Lipinski definition) is 2. The summed E-state index contributed by atoms with van der Waals surface area (Å²) in [5.41, 5.74) is 5.40. The lowest BCUT2D eigenvalue weighted by molar-refractivity contribution is -0.115. The van der Waals surface area contributed by atoms with Crippen LogP contribution in [0.5, 0.6) is 0 Å². The van der Waals surface area contributed by atoms with E-state index >= 15 is 0 Å². The van der Waals surface area contributed by atoms with Gasteiger partial charge in [0.2, 0.25) is 5.91 Å². The van der Waals surface area contributed by atoms with Crippen molar-refractivity contribution >= 4 is 11.6 Å². The van der Waals surface area contributed by atoms with Crippen molar-refractivity contribution in [1.29, 1.82) is 0 Å². The highest BCUT2D eigenvalue weighted by Crippen LogP contribution is 2.32. The zero-order chi connectivity index (χ0) is 12.7. The smallest absolute Gasteiger partial charge is 0.228 e. The van der Waals surface area contributed by atoms with Crippen molar-refractivity contribution in [2.24, 2.45) is 0 Å². The van der Waals surface area contributed by atoms with Crippen LogP contribution in [0, 0.1) is 6.92 Å². The monoisotopic (exact) mass is 241 g/mol. The molecule has 2 heterocycles. The van der Waals surface area contributed by atoms with E-state index in [2.05, 4.69) is 29.5 Å². The Morgan fingerprint density at radius 1 is 1.44 bits per heavy atom. The van der Waals surface area contributed by atoms with E-state index in [4.69, 9.17) is 0 Å². The predicted molar refractivity (Wildman–Crippen MR) is 70.4 cm³/mol. The molecule has 0 saturated carbocycles. The second-order valence-electron chi connectivity index (χ2n) is 4.58. The van der Waals surface area contributed by atoms with Crippen molar-refractivity contribution in [3.63, 3.8) is 0 Å². The molecule has 1 aromatic heterocycles. The Balaban J connectivity index is 2.13. The largest absolute Gasteiger partial charge is 0.325 e. The highest BCUT2D eigenvalue weighted by molar-refractivity contribution is 6.00. The van der Waals surface area contributed by atoms with Gasteiger partial charge in [0.1, 0.15) is 0 Å². The minimum atomic E-state index is 0.0780. The van der Waals surface area contributed by atoms with E-state index in [-0.39, 0.29) is 5.91 Å². The van der Waals surface area contributed by atoms with Crippen LogP contribution < -0.4 is 5.32 Å². The first kappa shape index (κ1) is 11.0. The summed E-state index contributed by atoms with van der Waals surface area (Å²) in [6.45, 7) is 4.94. The second kappa shape index (κ2) is 3.98. The first-order valence-electron chi connectivity index (χ1n) is 6.14. The van der Waals surface area contributed by atoms with Gasteiger partial charge in [0.05, 0.1) is 12.1 Å². The molecule has 0 atom stereocenters. The van der Waals surface area contributed by atoms with Crippen molar-refractivity contribution in [2.75, 3.05) is 5.32 Å². The summed E-state index contributed by atoms with van der Waals surface area (Å²) in [5.74, 6) is 0.0780. The van der Waals surface area contributed by atoms with Gasteiger partial charge in [-0.15, -0.1) is 0 Å². The number of hydrogen-bond donors (Lipinski definition) is 1. The summed E-state index contributed by atoms with van der Waals surface area (Å²) in [7, 11) is 0. The molecule has 1 aromatic carbocycles. The van der Waals surface area contributed by atoms with Gasteiger partial charge in [-0.25, -0.2) is 0 Å². The topological polar surface area (TPSA) is 46.9 Å². The van der Waals surface area contributed by atoms with Crippen LogP contribution >= 0.6 is 0 Å². The van der Waals surface area contributed by atoms with Gasteiger partial charge in [0, 0.05) is 24.0 Å². The van der Waals surface area contributed by atoms with Crippen LogP contribution in [0.1, 0.15) is 18.1 Å². The molecule has 0 spiro atoms. The number of rotatable bonds is 2. The van der Waals surface area contributed by atoms with Crippen LogP contribution in [-0.4, -0.2) is 15.7 Å². The lowest BCUT2D eigenvalue weighted by Gasteiger charge is -2.09. The van der Waals surface area contributed by atoms with Gasteiger partial charge in [0.15, 0.2) is 0 Å². The third-order valence-electron chi connectivity index (χ3n) is 3.34. The summed E-state index contributed by atoms with van der Waals surface area (Å²) in [6, 6.07) is 6.20. The van der Waals surface area contributed by atoms with Crippen LogP contribution in [0.15, 0.2) is 24.4 Å². The lowest BCUT2D eigenvalue weighted by atomic mass is 10.0. The average molecular weight is 241 g/mol. The molecule has 1 N–H and O–H groups in total. The second-order valence-corrected chi connectivity index (χ2v) is 4.58. The van der Waals surface area contributed by atoms with Crippen LogP contribution in [0.2, 0.25) is 0 Å². The minimum Gasteiger partial charge on any atom is -0.325 e. The molecule has 0 fully saturated rings. The first-order valence-corrected chi connectivity index (χ1v) is 6.14. The molecule has 1 aliphatic rings. The SMILES string of the molecule is CCn1nccc1-c1cc(C)c2c(c1)CC(=O)N2. The van der Waals surface area contributed by atoms with Gasteiger partial charge >= 0.3 is 0 Å². The maximum atomic E-state index is 11.4. The number of carbonyl (C=O) groups is 1. The predicted octanol–water partition coefficient (Wildman–Crippen LogP) is 2.37. The Bertz CT molecular complexity index is 628. The van der Waals surface area contributed by atoms with E-state index in [1.54, 1.807) is 0 Å². The summed E-state index contributed by atoms with van der Waals surface area (Å²) in [6.07, 6.45) is 2.29. The maximum absolute atomic E-state index is 11.4. The number of benzene rings is 1. The third kappa shape index (κ3) is 1.61. The zero-order valence-corrected chi connectivity index (χ0v) is 10.5. The Labute approximate surface area is 106 Å². The average Bonchev–Trinajstić information content (AvgIpc) is 2.93. The fourth-order valence-corrected chi connectivity index (χ4v) is 2.51. The summed E-state index contributed by atoms with van der Waals surface area (Å²) < 4.78 is 1.96. The van der Waals surface area contributed by atoms with Crippen LogP contribution in [0.3, 0.4) is 0 Å². The van der Waals surface area contributed by atoms with E-state index in [1.165, 1.54) is 0 Å². The molecule has 1 amide bonds. The number of aryl methyl sites for hydroxylation is 2. The van der Waals surface area contributed by atoms with E-state index in [9.17, 15) is 4.79 Å². The van der Waals surface area contributed by atoms with Gasteiger partial charge in [-0.05, 0) is 43.2 Å². The molecule has 0 unspecified atom stereocenters. The molecule has 4 nitrogen and oxygen atoms in total. The Kier molecular flexibility index (Phi) is 2.44. The number of anilines is 1. The highest BCUT2D eigenvalue weighted by Gasteiger charge is 2.20. The van der Waals surface area contributed by atoms with Crippen molar-refractivity contribution in [1.82, 2.24) is 9.78 Å². The fourth-order valence-electron chi connectivity index (χ4n) is 2.51. The standard InChI is InChI=1S/C14H15N3O/c1-3-17-12(4-5-15-17)10-6-9(2)14-11(7-10)8-13(18)16-14/h4-7H,3,8H2,1-2H3,(H,16,18). The molecular weight excluding hydrogens is 226 g/mol. The number of carbonyl (C=O) groups excluding carboxylic acids is 1. The minimum absolute atomic E-state index is 0.0780. The molecule has 92 valence electrons. The van der Waals surface area contributed by atoms with Gasteiger partial charge in [-0.2, -0.15) is 5.10 Å². The van der Waals surface area contributed by atoms with Crippen LogP contribution in [-0.2, 0) is 17.8 Å². The summed E-state index contributed by atoms with van der Waals surface area (Å²) in [4.78, 5) is 11.4. The third-order valence-corrected chi connectivity index (χ3v) is 3.34. The van der Waals surface area contributed by atoms with E-state index < -0.39 is 0 Å². The highest BCUT2D eigenvalue weighted by atomic mass is 16.1. The molecule has 0 bridgehead atoms. The number of amides is 1. The molecule has 0 radical (unpaired) electrons. The van der Waals surface area contributed by atoms with Gasteiger partial charge in [-0.1, -0.05) is 0 Å². The van der Waals surface area contributed by atoms with Crippen LogP contribution in [0.4, 0.5) is 5.69 Å². The summed E-state index contributed by atoms with van der Waals surface area (Å²) in [5, 5.41) is 7.19. The number of aromatic nitrogens is 2. The summed E-state index contributed by atoms with van der Waals surface area (Å²) >= 11 is 0. The van der Waals surface area contributed by atoms with Crippen molar-refractivity contribution in [2.45, 2.75) is 26.8 Å². The number of nitrogens with one attached hydrogen (secondary N) is 1. The Morgan fingerprint density at radius 2 is 2.28 bits per heavy atom. The van der Waals surface area contributed by atoms with Crippen molar-refractivity contribution in [3.8, 4) is 11.3 Å². The zero-order valence-electron chi connectivity index (χ0n) is 10.5. The molecular formula is C14H15N3O. The number of nitrogens with zero attached hydrogens (tertiary/aromatic N) is 2. The quantitative estimate of drug-likeness (QED) is 0.877. The molecule has 1 aliphatic heterocycles. The van der Waals surface area contributed by atoms with Gasteiger partial charge in [0.25, 0.3) is 0 Å². The van der Waals surface area contributed by atoms with Gasteiger partial charge < -0.3 is 5.32 Å². The van der Waals surface area contributed by atoms with Gasteiger partial charge in [-0.3, -0.25) is 9.48 Å². The lowest BCUT2D eigenvalue weighted by Crippen LogP contribution is -2.04.